The Balaban J connectivity index is 1.45. The minimum atomic E-state index is -2.92. The van der Waals surface area contributed by atoms with Gasteiger partial charge in [0.25, 0.3) is 5.91 Å². The summed E-state index contributed by atoms with van der Waals surface area (Å²) >= 11 is 0. The van der Waals surface area contributed by atoms with E-state index in [1.165, 1.54) is 24.3 Å². The van der Waals surface area contributed by atoms with E-state index >= 15 is 0 Å². The number of ketones is 1. The van der Waals surface area contributed by atoms with Crippen LogP contribution in [0.4, 0.5) is 14.5 Å². The molecule has 3 atom stereocenters. The molecule has 2 fully saturated rings. The first-order valence-electron chi connectivity index (χ1n) is 8.97. The Labute approximate surface area is 155 Å². The second-order valence-electron chi connectivity index (χ2n) is 6.95. The molecule has 0 heterocycles. The summed E-state index contributed by atoms with van der Waals surface area (Å²) in [6.07, 6.45) is 3.67. The Morgan fingerprint density at radius 3 is 2.33 bits per heavy atom. The highest BCUT2D eigenvalue weighted by atomic mass is 19.3. The van der Waals surface area contributed by atoms with Crippen LogP contribution in [0.5, 0.6) is 5.75 Å². The number of amides is 1. The maximum absolute atomic E-state index is 12.2. The predicted molar refractivity (Wildman–Crippen MR) is 91.2 cm³/mol. The number of nitrogens with one attached hydrogen (secondary N) is 1. The number of carbonyl (C=O) groups excluding carboxylic acids is 3. The predicted octanol–water partition coefficient (Wildman–Crippen LogP) is 3.17. The second kappa shape index (κ2) is 8.45. The van der Waals surface area contributed by atoms with Crippen molar-refractivity contribution in [1.82, 2.24) is 0 Å². The fourth-order valence-corrected chi connectivity index (χ4v) is 3.84. The van der Waals surface area contributed by atoms with E-state index in [1.54, 1.807) is 0 Å². The lowest BCUT2D eigenvalue weighted by molar-refractivity contribution is -0.155. The number of fused-ring (bicyclic) bond motifs is 2. The van der Waals surface area contributed by atoms with Crippen LogP contribution in [-0.4, -0.2) is 30.9 Å². The summed E-state index contributed by atoms with van der Waals surface area (Å²) in [6, 6.07) is 5.41. The number of rotatable bonds is 6. The molecule has 1 unspecified atom stereocenters. The monoisotopic (exact) mass is 381 g/mol. The molecule has 0 saturated heterocycles. The Morgan fingerprint density at radius 1 is 1.11 bits per heavy atom. The molecule has 0 aliphatic heterocycles. The zero-order valence-electron chi connectivity index (χ0n) is 14.7. The van der Waals surface area contributed by atoms with Gasteiger partial charge in [0.1, 0.15) is 11.5 Å². The molecule has 2 saturated carbocycles. The molecule has 2 bridgehead atoms. The van der Waals surface area contributed by atoms with Crippen LogP contribution in [-0.2, 0) is 19.1 Å². The molecule has 8 heteroatoms. The summed E-state index contributed by atoms with van der Waals surface area (Å²) in [5.74, 6) is -1.19. The van der Waals surface area contributed by atoms with Crippen molar-refractivity contribution in [2.24, 2.45) is 17.8 Å². The number of alkyl halides is 2. The second-order valence-corrected chi connectivity index (χ2v) is 6.95. The number of benzene rings is 1. The van der Waals surface area contributed by atoms with Gasteiger partial charge in [0, 0.05) is 17.5 Å². The highest BCUT2D eigenvalue weighted by molar-refractivity contribution is 5.93. The van der Waals surface area contributed by atoms with Crippen LogP contribution in [0.25, 0.3) is 0 Å². The zero-order chi connectivity index (χ0) is 19.4. The van der Waals surface area contributed by atoms with Crippen LogP contribution < -0.4 is 10.1 Å². The van der Waals surface area contributed by atoms with Gasteiger partial charge in [0.05, 0.1) is 5.92 Å². The maximum Gasteiger partial charge on any atom is 0.387 e. The highest BCUT2D eigenvalue weighted by Gasteiger charge is 2.41. The van der Waals surface area contributed by atoms with Crippen LogP contribution in [0.15, 0.2) is 24.3 Å². The highest BCUT2D eigenvalue weighted by Crippen LogP contribution is 2.40. The minimum absolute atomic E-state index is 0.0215. The number of Topliss-reactive ketones (excluding diaryl/α,β-unsaturated/α-hetero) is 1. The van der Waals surface area contributed by atoms with E-state index in [-0.39, 0.29) is 29.3 Å². The van der Waals surface area contributed by atoms with Gasteiger partial charge in [0.15, 0.2) is 6.61 Å². The van der Waals surface area contributed by atoms with E-state index in [0.717, 1.165) is 19.3 Å². The number of carbonyl (C=O) groups is 3. The average molecular weight is 381 g/mol. The molecule has 2 aliphatic carbocycles. The van der Waals surface area contributed by atoms with Crippen LogP contribution in [0.1, 0.15) is 32.1 Å². The zero-order valence-corrected chi connectivity index (χ0v) is 14.7. The molecule has 0 radical (unpaired) electrons. The first kappa shape index (κ1) is 19.3. The van der Waals surface area contributed by atoms with Crippen molar-refractivity contribution in [3.8, 4) is 5.75 Å². The van der Waals surface area contributed by atoms with Gasteiger partial charge >= 0.3 is 12.6 Å². The summed E-state index contributed by atoms with van der Waals surface area (Å²) in [5, 5.41) is 2.51. The number of hydrogen-bond donors (Lipinski definition) is 1. The van der Waals surface area contributed by atoms with E-state index in [4.69, 9.17) is 4.74 Å². The number of hydrogen-bond acceptors (Lipinski definition) is 5. The third kappa shape index (κ3) is 5.02. The normalized spacial score (nSPS) is 24.4. The molecule has 2 aliphatic rings. The molecule has 1 aromatic carbocycles. The van der Waals surface area contributed by atoms with Crippen molar-refractivity contribution < 1.29 is 32.6 Å². The quantitative estimate of drug-likeness (QED) is 0.766. The topological polar surface area (TPSA) is 81.7 Å². The van der Waals surface area contributed by atoms with Crippen molar-refractivity contribution >= 4 is 23.3 Å². The lowest BCUT2D eigenvalue weighted by Gasteiger charge is -2.36. The van der Waals surface area contributed by atoms with E-state index in [9.17, 15) is 23.2 Å². The average Bonchev–Trinajstić information content (AvgIpc) is 2.60. The van der Waals surface area contributed by atoms with Crippen molar-refractivity contribution in [1.29, 1.82) is 0 Å². The third-order valence-corrected chi connectivity index (χ3v) is 5.09. The Kier molecular flexibility index (Phi) is 6.03. The molecule has 146 valence electrons. The van der Waals surface area contributed by atoms with Crippen molar-refractivity contribution in [3.05, 3.63) is 24.3 Å². The summed E-state index contributed by atoms with van der Waals surface area (Å²) in [5.41, 5.74) is 0.371. The SMILES string of the molecule is O=C(COC(=O)C1C[C@H]2CCC[C@@H](C1)C2=O)Nc1ccc(OC(F)F)cc1. The lowest BCUT2D eigenvalue weighted by Crippen LogP contribution is -2.40. The summed E-state index contributed by atoms with van der Waals surface area (Å²) in [7, 11) is 0. The number of halogens is 2. The standard InChI is InChI=1S/C19H21F2NO5/c20-19(21)27-15-6-4-14(5-7-15)22-16(23)10-26-18(25)13-8-11-2-1-3-12(9-13)17(11)24/h4-7,11-13,19H,1-3,8-10H2,(H,22,23)/t11-,12+,13?. The number of esters is 1. The fraction of sp³-hybridized carbons (Fsp3) is 0.526. The van der Waals surface area contributed by atoms with Gasteiger partial charge in [-0.15, -0.1) is 0 Å². The van der Waals surface area contributed by atoms with E-state index in [2.05, 4.69) is 10.1 Å². The van der Waals surface area contributed by atoms with Gasteiger partial charge in [-0.1, -0.05) is 6.42 Å². The molecule has 6 nitrogen and oxygen atoms in total. The van der Waals surface area contributed by atoms with Gasteiger partial charge in [-0.05, 0) is 49.9 Å². The van der Waals surface area contributed by atoms with Gasteiger partial charge in [-0.2, -0.15) is 8.78 Å². The van der Waals surface area contributed by atoms with Crippen LogP contribution in [0, 0.1) is 17.8 Å². The Bertz CT molecular complexity index is 691. The molecule has 27 heavy (non-hydrogen) atoms. The van der Waals surface area contributed by atoms with E-state index in [1.807, 2.05) is 0 Å². The molecule has 1 aromatic rings. The van der Waals surface area contributed by atoms with Gasteiger partial charge in [-0.3, -0.25) is 14.4 Å². The third-order valence-electron chi connectivity index (χ3n) is 5.09. The van der Waals surface area contributed by atoms with Crippen molar-refractivity contribution in [2.75, 3.05) is 11.9 Å². The Hall–Kier alpha value is -2.51. The van der Waals surface area contributed by atoms with Crippen LogP contribution in [0.2, 0.25) is 0 Å². The van der Waals surface area contributed by atoms with Crippen molar-refractivity contribution in [3.63, 3.8) is 0 Å². The molecule has 3 rings (SSSR count). The smallest absolute Gasteiger partial charge is 0.387 e. The molecule has 0 aromatic heterocycles. The minimum Gasteiger partial charge on any atom is -0.455 e. The van der Waals surface area contributed by atoms with Gasteiger partial charge in [-0.25, -0.2) is 0 Å². The molecule has 1 N–H and O–H groups in total. The number of ether oxygens (including phenoxy) is 2. The van der Waals surface area contributed by atoms with Gasteiger partial charge < -0.3 is 14.8 Å². The summed E-state index contributed by atoms with van der Waals surface area (Å²) in [4.78, 5) is 36.2. The van der Waals surface area contributed by atoms with Gasteiger partial charge in [0.2, 0.25) is 0 Å². The fourth-order valence-electron chi connectivity index (χ4n) is 3.84. The lowest BCUT2D eigenvalue weighted by atomic mass is 9.67. The molecular weight excluding hydrogens is 360 g/mol. The first-order valence-corrected chi connectivity index (χ1v) is 8.97. The largest absolute Gasteiger partial charge is 0.455 e. The summed E-state index contributed by atoms with van der Waals surface area (Å²) < 4.78 is 33.5. The Morgan fingerprint density at radius 2 is 1.74 bits per heavy atom. The number of anilines is 1. The van der Waals surface area contributed by atoms with Crippen LogP contribution in [0.3, 0.4) is 0 Å². The van der Waals surface area contributed by atoms with E-state index in [0.29, 0.717) is 18.5 Å². The van der Waals surface area contributed by atoms with E-state index < -0.39 is 25.1 Å². The summed E-state index contributed by atoms with van der Waals surface area (Å²) in [6.45, 7) is -3.35. The van der Waals surface area contributed by atoms with Crippen LogP contribution >= 0.6 is 0 Å². The maximum atomic E-state index is 12.2. The molecular formula is C19H21F2NO5. The molecule has 1 amide bonds. The molecule has 0 spiro atoms. The first-order chi connectivity index (χ1) is 12.9. The van der Waals surface area contributed by atoms with Crippen molar-refractivity contribution in [2.45, 2.75) is 38.7 Å².